The normalized spacial score (nSPS) is 11.6. The van der Waals surface area contributed by atoms with Crippen molar-refractivity contribution < 1.29 is 0 Å². The number of fused-ring (bicyclic) bond motifs is 1. The van der Waals surface area contributed by atoms with Crippen LogP contribution in [-0.4, -0.2) is 4.99 Å². The molecule has 0 saturated heterocycles. The van der Waals surface area contributed by atoms with E-state index in [2.05, 4.69) is 56.3 Å². The van der Waals surface area contributed by atoms with Gasteiger partial charge in [-0.25, -0.2) is 0 Å². The van der Waals surface area contributed by atoms with Gasteiger partial charge in [0, 0.05) is 5.41 Å². The molecule has 17 heavy (non-hydrogen) atoms. The fraction of sp³-hybridized carbons (Fsp3) is 0.267. The van der Waals surface area contributed by atoms with Gasteiger partial charge in [0.15, 0.2) is 0 Å². The lowest BCUT2D eigenvalue weighted by atomic mass is 9.84. The molecule has 2 aromatic carbocycles. The predicted octanol–water partition coefficient (Wildman–Crippen LogP) is 3.69. The van der Waals surface area contributed by atoms with E-state index >= 15 is 0 Å². The Balaban J connectivity index is 2.46. The third-order valence-electron chi connectivity index (χ3n) is 3.18. The molecule has 0 amide bonds. The average molecular weight is 243 g/mol. The van der Waals surface area contributed by atoms with Crippen molar-refractivity contribution in [2.75, 3.05) is 0 Å². The van der Waals surface area contributed by atoms with Gasteiger partial charge in [-0.3, -0.25) is 0 Å². The van der Waals surface area contributed by atoms with Crippen molar-refractivity contribution in [1.82, 2.24) is 0 Å². The van der Waals surface area contributed by atoms with Crippen molar-refractivity contribution in [3.63, 3.8) is 0 Å². The zero-order valence-corrected chi connectivity index (χ0v) is 11.1. The van der Waals surface area contributed by atoms with Crippen LogP contribution in [0.5, 0.6) is 0 Å². The molecule has 2 aromatic rings. The van der Waals surface area contributed by atoms with E-state index in [1.807, 2.05) is 0 Å². The van der Waals surface area contributed by atoms with Gasteiger partial charge in [0.2, 0.25) is 0 Å². The first kappa shape index (κ1) is 12.1. The number of nitrogens with two attached hydrogens (primary N) is 1. The summed E-state index contributed by atoms with van der Waals surface area (Å²) in [6.07, 6.45) is 0.879. The summed E-state index contributed by atoms with van der Waals surface area (Å²) in [7, 11) is 0. The van der Waals surface area contributed by atoms with Crippen LogP contribution in [0.2, 0.25) is 0 Å². The zero-order chi connectivity index (χ0) is 12.5. The highest BCUT2D eigenvalue weighted by molar-refractivity contribution is 7.80. The van der Waals surface area contributed by atoms with Crippen LogP contribution in [0.15, 0.2) is 42.5 Å². The van der Waals surface area contributed by atoms with Gasteiger partial charge in [0.25, 0.3) is 0 Å². The largest absolute Gasteiger partial charge is 0.393 e. The molecule has 0 atom stereocenters. The van der Waals surface area contributed by atoms with Gasteiger partial charge in [0.05, 0.1) is 4.99 Å². The Hall–Kier alpha value is -1.41. The molecule has 2 rings (SSSR count). The highest BCUT2D eigenvalue weighted by Crippen LogP contribution is 2.27. The molecular formula is C15H17NS. The smallest absolute Gasteiger partial charge is 0.0787 e. The lowest BCUT2D eigenvalue weighted by Gasteiger charge is -2.23. The van der Waals surface area contributed by atoms with Crippen LogP contribution in [0.25, 0.3) is 10.8 Å². The van der Waals surface area contributed by atoms with E-state index in [0.29, 0.717) is 4.99 Å². The first-order valence-corrected chi connectivity index (χ1v) is 6.18. The third kappa shape index (κ3) is 2.47. The fourth-order valence-corrected chi connectivity index (χ4v) is 2.08. The van der Waals surface area contributed by atoms with E-state index in [-0.39, 0.29) is 5.41 Å². The molecular weight excluding hydrogens is 226 g/mol. The second kappa shape index (κ2) is 4.46. The lowest BCUT2D eigenvalue weighted by Crippen LogP contribution is -2.31. The van der Waals surface area contributed by atoms with Crippen molar-refractivity contribution in [3.8, 4) is 0 Å². The number of rotatable bonds is 3. The monoisotopic (exact) mass is 243 g/mol. The molecule has 0 fully saturated rings. The number of hydrogen-bond acceptors (Lipinski definition) is 1. The first-order valence-electron chi connectivity index (χ1n) is 5.77. The second-order valence-corrected chi connectivity index (χ2v) is 5.50. The summed E-state index contributed by atoms with van der Waals surface area (Å²) in [4.78, 5) is 0.574. The molecule has 2 N–H and O–H groups in total. The summed E-state index contributed by atoms with van der Waals surface area (Å²) in [5, 5.41) is 2.56. The van der Waals surface area contributed by atoms with Gasteiger partial charge in [0.1, 0.15) is 0 Å². The quantitative estimate of drug-likeness (QED) is 0.832. The summed E-state index contributed by atoms with van der Waals surface area (Å²) < 4.78 is 0. The molecule has 2 heteroatoms. The molecule has 0 bridgehead atoms. The van der Waals surface area contributed by atoms with E-state index in [1.54, 1.807) is 0 Å². The maximum Gasteiger partial charge on any atom is 0.0787 e. The maximum absolute atomic E-state index is 5.79. The van der Waals surface area contributed by atoms with E-state index in [9.17, 15) is 0 Å². The molecule has 0 heterocycles. The fourth-order valence-electron chi connectivity index (χ4n) is 2.01. The molecule has 0 aliphatic carbocycles. The van der Waals surface area contributed by atoms with Crippen molar-refractivity contribution in [2.45, 2.75) is 20.3 Å². The van der Waals surface area contributed by atoms with Crippen LogP contribution < -0.4 is 5.73 Å². The van der Waals surface area contributed by atoms with Gasteiger partial charge in [-0.2, -0.15) is 0 Å². The predicted molar refractivity (Wildman–Crippen MR) is 78.2 cm³/mol. The minimum absolute atomic E-state index is 0.139. The van der Waals surface area contributed by atoms with Crippen LogP contribution in [-0.2, 0) is 6.42 Å². The highest BCUT2D eigenvalue weighted by atomic mass is 32.1. The molecule has 0 aliphatic heterocycles. The minimum atomic E-state index is -0.139. The molecule has 0 spiro atoms. The lowest BCUT2D eigenvalue weighted by molar-refractivity contribution is 0.525. The number of thiocarbonyl (C=S) groups is 1. The summed E-state index contributed by atoms with van der Waals surface area (Å²) >= 11 is 5.13. The van der Waals surface area contributed by atoms with Gasteiger partial charge in [-0.05, 0) is 22.8 Å². The second-order valence-electron chi connectivity index (χ2n) is 5.06. The van der Waals surface area contributed by atoms with E-state index < -0.39 is 0 Å². The topological polar surface area (TPSA) is 26.0 Å². The van der Waals surface area contributed by atoms with Crippen LogP contribution in [0, 0.1) is 5.41 Å². The van der Waals surface area contributed by atoms with Crippen LogP contribution >= 0.6 is 12.2 Å². The molecule has 0 saturated carbocycles. The van der Waals surface area contributed by atoms with Gasteiger partial charge in [-0.15, -0.1) is 0 Å². The molecule has 0 aromatic heterocycles. The Morgan fingerprint density at radius 2 is 1.76 bits per heavy atom. The summed E-state index contributed by atoms with van der Waals surface area (Å²) in [5.74, 6) is 0. The Bertz CT molecular complexity index is 552. The summed E-state index contributed by atoms with van der Waals surface area (Å²) in [5.41, 5.74) is 6.96. The van der Waals surface area contributed by atoms with Crippen molar-refractivity contribution in [2.24, 2.45) is 11.1 Å². The molecule has 0 unspecified atom stereocenters. The molecule has 0 radical (unpaired) electrons. The van der Waals surface area contributed by atoms with Crippen molar-refractivity contribution in [1.29, 1.82) is 0 Å². The minimum Gasteiger partial charge on any atom is -0.393 e. The van der Waals surface area contributed by atoms with Crippen LogP contribution in [0.4, 0.5) is 0 Å². The van der Waals surface area contributed by atoms with Gasteiger partial charge < -0.3 is 5.73 Å². The van der Waals surface area contributed by atoms with E-state index in [0.717, 1.165) is 6.42 Å². The molecule has 0 aliphatic rings. The Labute approximate surface area is 108 Å². The zero-order valence-electron chi connectivity index (χ0n) is 10.2. The third-order valence-corrected chi connectivity index (χ3v) is 3.73. The SMILES string of the molecule is CC(C)(Cc1cccc2ccccc12)C(N)=S. The van der Waals surface area contributed by atoms with Crippen molar-refractivity contribution >= 4 is 28.0 Å². The number of benzene rings is 2. The Morgan fingerprint density at radius 1 is 1.12 bits per heavy atom. The van der Waals surface area contributed by atoms with Crippen LogP contribution in [0.1, 0.15) is 19.4 Å². The van der Waals surface area contributed by atoms with Gasteiger partial charge >= 0.3 is 0 Å². The van der Waals surface area contributed by atoms with E-state index in [4.69, 9.17) is 18.0 Å². The summed E-state index contributed by atoms with van der Waals surface area (Å²) in [6.45, 7) is 4.19. The van der Waals surface area contributed by atoms with Gasteiger partial charge in [-0.1, -0.05) is 68.5 Å². The average Bonchev–Trinajstić information content (AvgIpc) is 2.29. The van der Waals surface area contributed by atoms with E-state index in [1.165, 1.54) is 16.3 Å². The molecule has 88 valence electrons. The first-order chi connectivity index (χ1) is 8.00. The Kier molecular flexibility index (Phi) is 3.16. The standard InChI is InChI=1S/C15H17NS/c1-15(2,14(16)17)10-12-8-5-7-11-6-3-4-9-13(11)12/h3-9H,10H2,1-2H3,(H2,16,17). The van der Waals surface area contributed by atoms with Crippen molar-refractivity contribution in [3.05, 3.63) is 48.0 Å². The Morgan fingerprint density at radius 3 is 2.47 bits per heavy atom. The summed E-state index contributed by atoms with van der Waals surface area (Å²) in [6, 6.07) is 14.8. The van der Waals surface area contributed by atoms with Crippen LogP contribution in [0.3, 0.4) is 0 Å². The molecule has 1 nitrogen and oxygen atoms in total. The highest BCUT2D eigenvalue weighted by Gasteiger charge is 2.22. The maximum atomic E-state index is 5.79. The number of hydrogen-bond donors (Lipinski definition) is 1.